The molecule has 3 rings (SSSR count). The number of hydrogen-bond acceptors (Lipinski definition) is 5. The first-order valence-electron chi connectivity index (χ1n) is 10.7. The summed E-state index contributed by atoms with van der Waals surface area (Å²) < 4.78 is 0. The van der Waals surface area contributed by atoms with Crippen LogP contribution >= 0.6 is 0 Å². The molecule has 1 aliphatic rings. The molecule has 6 heteroatoms. The number of likely N-dealkylation sites (N-methyl/N-ethyl adjacent to an activating group) is 1. The van der Waals surface area contributed by atoms with Gasteiger partial charge in [0.05, 0.1) is 0 Å². The summed E-state index contributed by atoms with van der Waals surface area (Å²) in [6.07, 6.45) is 3.62. The molecule has 156 valence electrons. The summed E-state index contributed by atoms with van der Waals surface area (Å²) in [6, 6.07) is 12.1. The SMILES string of the molecule is CCCN(CCC)C(=O)c1ccnc(Nc2ccc(N3CCN(C)CC3)cc2)c1. The molecule has 1 aromatic heterocycles. The van der Waals surface area contributed by atoms with Crippen LogP contribution in [0.3, 0.4) is 0 Å². The number of rotatable bonds is 8. The lowest BCUT2D eigenvalue weighted by Gasteiger charge is -2.34. The Kier molecular flexibility index (Phi) is 7.47. The molecular formula is C23H33N5O. The number of carbonyl (C=O) groups excluding carboxylic acids is 1. The molecule has 1 N–H and O–H groups in total. The molecule has 0 saturated carbocycles. The van der Waals surface area contributed by atoms with Crippen molar-refractivity contribution >= 4 is 23.1 Å². The highest BCUT2D eigenvalue weighted by molar-refractivity contribution is 5.95. The molecule has 29 heavy (non-hydrogen) atoms. The van der Waals surface area contributed by atoms with Gasteiger partial charge in [-0.1, -0.05) is 13.8 Å². The maximum Gasteiger partial charge on any atom is 0.254 e. The van der Waals surface area contributed by atoms with Crippen molar-refractivity contribution in [3.8, 4) is 0 Å². The second kappa shape index (κ2) is 10.3. The molecule has 2 heterocycles. The van der Waals surface area contributed by atoms with E-state index in [1.807, 2.05) is 11.0 Å². The van der Waals surface area contributed by atoms with E-state index >= 15 is 0 Å². The first-order valence-corrected chi connectivity index (χ1v) is 10.7. The summed E-state index contributed by atoms with van der Waals surface area (Å²) in [5, 5.41) is 3.33. The van der Waals surface area contributed by atoms with Crippen LogP contribution in [0.4, 0.5) is 17.2 Å². The van der Waals surface area contributed by atoms with Gasteiger partial charge in [0.1, 0.15) is 5.82 Å². The van der Waals surface area contributed by atoms with Crippen LogP contribution < -0.4 is 10.2 Å². The van der Waals surface area contributed by atoms with Crippen LogP contribution in [0.15, 0.2) is 42.6 Å². The molecule has 1 fully saturated rings. The van der Waals surface area contributed by atoms with E-state index in [0.717, 1.165) is 57.8 Å². The van der Waals surface area contributed by atoms with Gasteiger partial charge in [0, 0.05) is 62.4 Å². The van der Waals surface area contributed by atoms with Crippen molar-refractivity contribution in [2.24, 2.45) is 0 Å². The molecule has 1 amide bonds. The van der Waals surface area contributed by atoms with Gasteiger partial charge in [-0.05, 0) is 56.3 Å². The summed E-state index contributed by atoms with van der Waals surface area (Å²) in [4.78, 5) is 23.9. The monoisotopic (exact) mass is 395 g/mol. The lowest BCUT2D eigenvalue weighted by Crippen LogP contribution is -2.44. The van der Waals surface area contributed by atoms with E-state index < -0.39 is 0 Å². The number of carbonyl (C=O) groups is 1. The van der Waals surface area contributed by atoms with Crippen LogP contribution in [0.2, 0.25) is 0 Å². The second-order valence-electron chi connectivity index (χ2n) is 7.68. The minimum Gasteiger partial charge on any atom is -0.369 e. The number of pyridine rings is 1. The number of nitrogens with zero attached hydrogens (tertiary/aromatic N) is 4. The van der Waals surface area contributed by atoms with Crippen LogP contribution in [0.1, 0.15) is 37.0 Å². The first kappa shape index (κ1) is 21.1. The molecule has 6 nitrogen and oxygen atoms in total. The second-order valence-corrected chi connectivity index (χ2v) is 7.68. The highest BCUT2D eigenvalue weighted by Gasteiger charge is 2.16. The number of hydrogen-bond donors (Lipinski definition) is 1. The Balaban J connectivity index is 1.66. The highest BCUT2D eigenvalue weighted by atomic mass is 16.2. The van der Waals surface area contributed by atoms with Crippen molar-refractivity contribution in [1.82, 2.24) is 14.8 Å². The minimum absolute atomic E-state index is 0.0737. The van der Waals surface area contributed by atoms with E-state index in [0.29, 0.717) is 11.4 Å². The van der Waals surface area contributed by atoms with Gasteiger partial charge in [0.15, 0.2) is 0 Å². The fourth-order valence-electron chi connectivity index (χ4n) is 3.64. The number of benzene rings is 1. The third kappa shape index (κ3) is 5.70. The van der Waals surface area contributed by atoms with Crippen LogP contribution in [-0.2, 0) is 0 Å². The molecule has 1 aliphatic heterocycles. The van der Waals surface area contributed by atoms with Gasteiger partial charge >= 0.3 is 0 Å². The number of nitrogens with one attached hydrogen (secondary N) is 1. The molecule has 0 bridgehead atoms. The lowest BCUT2D eigenvalue weighted by molar-refractivity contribution is 0.0755. The lowest BCUT2D eigenvalue weighted by atomic mass is 10.2. The summed E-state index contributed by atoms with van der Waals surface area (Å²) >= 11 is 0. The first-order chi connectivity index (χ1) is 14.1. The van der Waals surface area contributed by atoms with Gasteiger partial charge in [0.2, 0.25) is 0 Å². The van der Waals surface area contributed by atoms with Crippen LogP contribution in [0, 0.1) is 0 Å². The van der Waals surface area contributed by atoms with Crippen molar-refractivity contribution in [1.29, 1.82) is 0 Å². The maximum absolute atomic E-state index is 12.8. The molecular weight excluding hydrogens is 362 g/mol. The molecule has 0 aliphatic carbocycles. The quantitative estimate of drug-likeness (QED) is 0.736. The Morgan fingerprint density at radius 2 is 1.69 bits per heavy atom. The third-order valence-electron chi connectivity index (χ3n) is 5.29. The number of anilines is 3. The molecule has 0 unspecified atom stereocenters. The topological polar surface area (TPSA) is 51.7 Å². The van der Waals surface area contributed by atoms with Crippen LogP contribution in [-0.4, -0.2) is 67.0 Å². The summed E-state index contributed by atoms with van der Waals surface area (Å²) in [5.74, 6) is 0.765. The zero-order chi connectivity index (χ0) is 20.6. The molecule has 0 spiro atoms. The largest absolute Gasteiger partial charge is 0.369 e. The van der Waals surface area contributed by atoms with E-state index in [4.69, 9.17) is 0 Å². The van der Waals surface area contributed by atoms with E-state index in [1.165, 1.54) is 5.69 Å². The highest BCUT2D eigenvalue weighted by Crippen LogP contribution is 2.22. The van der Waals surface area contributed by atoms with Gasteiger partial charge in [0.25, 0.3) is 5.91 Å². The fourth-order valence-corrected chi connectivity index (χ4v) is 3.64. The minimum atomic E-state index is 0.0737. The van der Waals surface area contributed by atoms with Gasteiger partial charge in [-0.3, -0.25) is 4.79 Å². The normalized spacial score (nSPS) is 14.7. The molecule has 1 saturated heterocycles. The molecule has 0 atom stereocenters. The Morgan fingerprint density at radius 1 is 1.03 bits per heavy atom. The van der Waals surface area contributed by atoms with Gasteiger partial charge in [-0.25, -0.2) is 4.98 Å². The maximum atomic E-state index is 12.8. The number of aromatic nitrogens is 1. The smallest absolute Gasteiger partial charge is 0.254 e. The average Bonchev–Trinajstić information content (AvgIpc) is 2.74. The summed E-state index contributed by atoms with van der Waals surface area (Å²) in [5.41, 5.74) is 2.90. The number of amides is 1. The van der Waals surface area contributed by atoms with Crippen molar-refractivity contribution < 1.29 is 4.79 Å². The molecule has 2 aromatic rings. The average molecular weight is 396 g/mol. The van der Waals surface area contributed by atoms with Gasteiger partial charge in [-0.2, -0.15) is 0 Å². The van der Waals surface area contributed by atoms with E-state index in [2.05, 4.69) is 65.3 Å². The van der Waals surface area contributed by atoms with Crippen molar-refractivity contribution in [2.45, 2.75) is 26.7 Å². The van der Waals surface area contributed by atoms with Gasteiger partial charge in [-0.15, -0.1) is 0 Å². The molecule has 1 aromatic carbocycles. The van der Waals surface area contributed by atoms with Crippen LogP contribution in [0.5, 0.6) is 0 Å². The van der Waals surface area contributed by atoms with Crippen molar-refractivity contribution in [3.63, 3.8) is 0 Å². The standard InChI is InChI=1S/C23H33N5O/c1-4-12-28(13-5-2)23(29)19-10-11-24-22(18-19)25-20-6-8-21(9-7-20)27-16-14-26(3)15-17-27/h6-11,18H,4-5,12-17H2,1-3H3,(H,24,25). The zero-order valence-electron chi connectivity index (χ0n) is 17.9. The molecule has 0 radical (unpaired) electrons. The summed E-state index contributed by atoms with van der Waals surface area (Å²) in [6.45, 7) is 10.1. The predicted octanol–water partition coefficient (Wildman–Crippen LogP) is 3.84. The van der Waals surface area contributed by atoms with Crippen molar-refractivity contribution in [2.75, 3.05) is 56.5 Å². The predicted molar refractivity (Wildman–Crippen MR) is 120 cm³/mol. The Hall–Kier alpha value is -2.60. The summed E-state index contributed by atoms with van der Waals surface area (Å²) in [7, 11) is 2.17. The van der Waals surface area contributed by atoms with E-state index in [1.54, 1.807) is 12.3 Å². The van der Waals surface area contributed by atoms with E-state index in [-0.39, 0.29) is 5.91 Å². The Labute approximate surface area is 174 Å². The zero-order valence-corrected chi connectivity index (χ0v) is 17.9. The Bertz CT molecular complexity index is 778. The third-order valence-corrected chi connectivity index (χ3v) is 5.29. The van der Waals surface area contributed by atoms with Crippen molar-refractivity contribution in [3.05, 3.63) is 48.2 Å². The van der Waals surface area contributed by atoms with Crippen LogP contribution in [0.25, 0.3) is 0 Å². The number of piperazine rings is 1. The van der Waals surface area contributed by atoms with E-state index in [9.17, 15) is 4.79 Å². The van der Waals surface area contributed by atoms with Gasteiger partial charge < -0.3 is 20.0 Å². The fraction of sp³-hybridized carbons (Fsp3) is 0.478. The Morgan fingerprint density at radius 3 is 2.31 bits per heavy atom.